The molecule has 5 heteroatoms. The van der Waals surface area contributed by atoms with Gasteiger partial charge in [0.15, 0.2) is 0 Å². The Bertz CT molecular complexity index is 257. The van der Waals surface area contributed by atoms with Gasteiger partial charge in [-0.15, -0.1) is 12.4 Å². The van der Waals surface area contributed by atoms with Crippen LogP contribution in [0.3, 0.4) is 0 Å². The van der Waals surface area contributed by atoms with Crippen molar-refractivity contribution in [2.75, 3.05) is 19.7 Å². The summed E-state index contributed by atoms with van der Waals surface area (Å²) in [5.74, 6) is 0.512. The van der Waals surface area contributed by atoms with E-state index in [0.29, 0.717) is 25.6 Å². The van der Waals surface area contributed by atoms with Gasteiger partial charge < -0.3 is 15.4 Å². The average Bonchev–Trinajstić information content (AvgIpc) is 2.13. The zero-order chi connectivity index (χ0) is 12.3. The van der Waals surface area contributed by atoms with Crippen molar-refractivity contribution in [3.8, 4) is 0 Å². The summed E-state index contributed by atoms with van der Waals surface area (Å²) in [5.41, 5.74) is 5.66. The average molecular weight is 265 g/mol. The van der Waals surface area contributed by atoms with Crippen molar-refractivity contribution in [1.29, 1.82) is 0 Å². The summed E-state index contributed by atoms with van der Waals surface area (Å²) < 4.78 is 5.57. The van der Waals surface area contributed by atoms with Crippen molar-refractivity contribution in [1.82, 2.24) is 4.90 Å². The highest BCUT2D eigenvalue weighted by atomic mass is 35.5. The third-order valence-corrected chi connectivity index (χ3v) is 2.78. The molecule has 0 bridgehead atoms. The quantitative estimate of drug-likeness (QED) is 0.839. The van der Waals surface area contributed by atoms with Crippen molar-refractivity contribution in [2.24, 2.45) is 11.7 Å². The van der Waals surface area contributed by atoms with Gasteiger partial charge in [-0.2, -0.15) is 0 Å². The van der Waals surface area contributed by atoms with E-state index in [-0.39, 0.29) is 30.0 Å². The lowest BCUT2D eigenvalue weighted by Gasteiger charge is -2.39. The standard InChI is InChI=1S/C12H24N2O2.ClH/c1-9(2)7-10(13)11(15)14-5-6-16-12(3,4)8-14;/h9-10H,5-8,13H2,1-4H3;1H/t10-;/m0./s1. The molecule has 102 valence electrons. The number of nitrogens with two attached hydrogens (primary N) is 1. The zero-order valence-corrected chi connectivity index (χ0v) is 12.0. The van der Waals surface area contributed by atoms with Gasteiger partial charge in [0.05, 0.1) is 18.2 Å². The summed E-state index contributed by atoms with van der Waals surface area (Å²) in [6.45, 7) is 10.1. The maximum atomic E-state index is 12.1. The molecule has 0 aliphatic carbocycles. The highest BCUT2D eigenvalue weighted by Crippen LogP contribution is 2.17. The van der Waals surface area contributed by atoms with Crippen molar-refractivity contribution < 1.29 is 9.53 Å². The Balaban J connectivity index is 0.00000256. The van der Waals surface area contributed by atoms with Gasteiger partial charge in [0.25, 0.3) is 0 Å². The van der Waals surface area contributed by atoms with Crippen LogP contribution < -0.4 is 5.73 Å². The van der Waals surface area contributed by atoms with Crippen LogP contribution in [0.5, 0.6) is 0 Å². The molecule has 0 radical (unpaired) electrons. The van der Waals surface area contributed by atoms with Crippen LogP contribution in [0.15, 0.2) is 0 Å². The molecule has 1 amide bonds. The second kappa shape index (κ2) is 6.57. The predicted molar refractivity (Wildman–Crippen MR) is 71.3 cm³/mol. The van der Waals surface area contributed by atoms with Gasteiger partial charge in [-0.05, 0) is 26.2 Å². The third-order valence-electron chi connectivity index (χ3n) is 2.78. The molecule has 0 aromatic heterocycles. The van der Waals surface area contributed by atoms with Crippen LogP contribution in [0.25, 0.3) is 0 Å². The largest absolute Gasteiger partial charge is 0.372 e. The van der Waals surface area contributed by atoms with Crippen molar-refractivity contribution in [2.45, 2.75) is 45.8 Å². The fourth-order valence-corrected chi connectivity index (χ4v) is 2.05. The van der Waals surface area contributed by atoms with Gasteiger partial charge >= 0.3 is 0 Å². The number of amides is 1. The molecule has 4 nitrogen and oxygen atoms in total. The van der Waals surface area contributed by atoms with Crippen LogP contribution in [0.2, 0.25) is 0 Å². The molecule has 1 saturated heterocycles. The molecule has 0 unspecified atom stereocenters. The highest BCUT2D eigenvalue weighted by molar-refractivity contribution is 5.85. The molecular weight excluding hydrogens is 240 g/mol. The lowest BCUT2D eigenvalue weighted by molar-refractivity contribution is -0.147. The molecule has 0 aromatic carbocycles. The van der Waals surface area contributed by atoms with Gasteiger partial charge in [-0.1, -0.05) is 13.8 Å². The summed E-state index contributed by atoms with van der Waals surface area (Å²) in [6.07, 6.45) is 0.747. The number of nitrogens with zero attached hydrogens (tertiary/aromatic N) is 1. The molecular formula is C12H25ClN2O2. The highest BCUT2D eigenvalue weighted by Gasteiger charge is 2.32. The molecule has 2 N–H and O–H groups in total. The van der Waals surface area contributed by atoms with Crippen molar-refractivity contribution >= 4 is 18.3 Å². The molecule has 1 heterocycles. The Kier molecular flexibility index (Phi) is 6.45. The maximum absolute atomic E-state index is 12.1. The number of hydrogen-bond donors (Lipinski definition) is 1. The minimum atomic E-state index is -0.367. The molecule has 1 rings (SSSR count). The van der Waals surface area contributed by atoms with Gasteiger partial charge in [0.2, 0.25) is 5.91 Å². The molecule has 1 aliphatic heterocycles. The number of morpholine rings is 1. The van der Waals surface area contributed by atoms with Crippen LogP contribution in [-0.2, 0) is 9.53 Å². The molecule has 0 spiro atoms. The van der Waals surface area contributed by atoms with E-state index in [0.717, 1.165) is 6.42 Å². The van der Waals surface area contributed by atoms with E-state index in [1.807, 2.05) is 18.7 Å². The molecule has 1 aliphatic rings. The lowest BCUT2D eigenvalue weighted by Crippen LogP contribution is -2.54. The van der Waals surface area contributed by atoms with E-state index in [2.05, 4.69) is 13.8 Å². The summed E-state index contributed by atoms with van der Waals surface area (Å²) in [6, 6.07) is -0.367. The topological polar surface area (TPSA) is 55.6 Å². The normalized spacial score (nSPS) is 20.9. The van der Waals surface area contributed by atoms with E-state index in [1.54, 1.807) is 0 Å². The number of carbonyl (C=O) groups is 1. The Morgan fingerprint density at radius 1 is 1.47 bits per heavy atom. The summed E-state index contributed by atoms with van der Waals surface area (Å²) in [7, 11) is 0. The van der Waals surface area contributed by atoms with Crippen LogP contribution in [0, 0.1) is 5.92 Å². The Labute approximate surface area is 110 Å². The van der Waals surface area contributed by atoms with Crippen LogP contribution in [0.1, 0.15) is 34.1 Å². The van der Waals surface area contributed by atoms with Crippen molar-refractivity contribution in [3.05, 3.63) is 0 Å². The summed E-state index contributed by atoms with van der Waals surface area (Å²) >= 11 is 0. The Hall–Kier alpha value is -0.320. The molecule has 1 fully saturated rings. The van der Waals surface area contributed by atoms with E-state index in [4.69, 9.17) is 10.5 Å². The first kappa shape index (κ1) is 16.7. The van der Waals surface area contributed by atoms with E-state index in [9.17, 15) is 4.79 Å². The van der Waals surface area contributed by atoms with Gasteiger partial charge in [0, 0.05) is 13.1 Å². The monoisotopic (exact) mass is 264 g/mol. The smallest absolute Gasteiger partial charge is 0.239 e. The number of hydrogen-bond acceptors (Lipinski definition) is 3. The summed E-state index contributed by atoms with van der Waals surface area (Å²) in [5, 5.41) is 0. The van der Waals surface area contributed by atoms with Crippen LogP contribution in [0.4, 0.5) is 0 Å². The fraction of sp³-hybridized carbons (Fsp3) is 0.917. The number of halogens is 1. The minimum Gasteiger partial charge on any atom is -0.372 e. The Morgan fingerprint density at radius 3 is 2.53 bits per heavy atom. The SMILES string of the molecule is CC(C)C[C@H](N)C(=O)N1CCOC(C)(C)C1.Cl. The molecule has 0 aromatic rings. The molecule has 1 atom stereocenters. The van der Waals surface area contributed by atoms with Crippen molar-refractivity contribution in [3.63, 3.8) is 0 Å². The van der Waals surface area contributed by atoms with Crippen LogP contribution >= 0.6 is 12.4 Å². The molecule has 0 saturated carbocycles. The summed E-state index contributed by atoms with van der Waals surface area (Å²) in [4.78, 5) is 13.9. The van der Waals surface area contributed by atoms with Gasteiger partial charge in [-0.25, -0.2) is 0 Å². The zero-order valence-electron chi connectivity index (χ0n) is 11.2. The van der Waals surface area contributed by atoms with Crippen LogP contribution in [-0.4, -0.2) is 42.1 Å². The second-order valence-electron chi connectivity index (χ2n) is 5.60. The number of ether oxygens (including phenoxy) is 1. The first-order chi connectivity index (χ1) is 7.32. The third kappa shape index (κ3) is 5.23. The second-order valence-corrected chi connectivity index (χ2v) is 5.60. The predicted octanol–water partition coefficient (Wildman–Crippen LogP) is 1.42. The number of rotatable bonds is 3. The van der Waals surface area contributed by atoms with Gasteiger partial charge in [-0.3, -0.25) is 4.79 Å². The lowest BCUT2D eigenvalue weighted by atomic mass is 10.0. The van der Waals surface area contributed by atoms with Gasteiger partial charge in [0.1, 0.15) is 0 Å². The fourth-order valence-electron chi connectivity index (χ4n) is 2.05. The Morgan fingerprint density at radius 2 is 2.06 bits per heavy atom. The minimum absolute atomic E-state index is 0. The first-order valence-corrected chi connectivity index (χ1v) is 6.00. The number of carbonyl (C=O) groups excluding carboxylic acids is 1. The first-order valence-electron chi connectivity index (χ1n) is 6.00. The van der Waals surface area contributed by atoms with E-state index in [1.165, 1.54) is 0 Å². The molecule has 17 heavy (non-hydrogen) atoms. The van der Waals surface area contributed by atoms with E-state index < -0.39 is 0 Å². The van der Waals surface area contributed by atoms with E-state index >= 15 is 0 Å². The maximum Gasteiger partial charge on any atom is 0.239 e.